The van der Waals surface area contributed by atoms with E-state index in [4.69, 9.17) is 16.7 Å². The molecule has 1 aliphatic carbocycles. The fraction of sp³-hybridized carbons (Fsp3) is 0.667. The minimum absolute atomic E-state index is 0.0729. The first kappa shape index (κ1) is 12.4. The summed E-state index contributed by atoms with van der Waals surface area (Å²) >= 11 is 6.29. The highest BCUT2D eigenvalue weighted by Crippen LogP contribution is 2.36. The average Bonchev–Trinajstić information content (AvgIpc) is 2.83. The lowest BCUT2D eigenvalue weighted by Crippen LogP contribution is -2.08. The van der Waals surface area contributed by atoms with Gasteiger partial charge in [0.25, 0.3) is 0 Å². The van der Waals surface area contributed by atoms with Crippen LogP contribution < -0.4 is 0 Å². The molecule has 1 aromatic heterocycles. The quantitative estimate of drug-likeness (QED) is 0.901. The van der Waals surface area contributed by atoms with Gasteiger partial charge in [0.2, 0.25) is 0 Å². The van der Waals surface area contributed by atoms with Crippen molar-refractivity contribution in [1.82, 2.24) is 9.78 Å². The first-order valence-corrected chi connectivity index (χ1v) is 6.41. The number of carboxylic acid groups (broad SMARTS) is 1. The molecule has 0 radical (unpaired) electrons. The van der Waals surface area contributed by atoms with E-state index in [0.717, 1.165) is 12.8 Å². The number of nitrogens with zero attached hydrogens (tertiary/aromatic N) is 2. The summed E-state index contributed by atoms with van der Waals surface area (Å²) < 4.78 is 1.72. The summed E-state index contributed by atoms with van der Waals surface area (Å²) in [4.78, 5) is 11.2. The van der Waals surface area contributed by atoms with Crippen LogP contribution in [0.25, 0.3) is 0 Å². The van der Waals surface area contributed by atoms with Crippen molar-refractivity contribution in [3.05, 3.63) is 16.4 Å². The maximum Gasteiger partial charge on any atom is 0.356 e. The standard InChI is InChI=1S/C12H17ClN2O2/c1-7(2)9-10(12(16)17)14-15(11(9)13)8-5-3-4-6-8/h7-8H,3-6H2,1-2H3,(H,16,17). The third-order valence-corrected chi connectivity index (χ3v) is 3.71. The molecule has 1 saturated carbocycles. The van der Waals surface area contributed by atoms with Gasteiger partial charge in [-0.25, -0.2) is 9.48 Å². The molecule has 0 atom stereocenters. The third-order valence-electron chi connectivity index (χ3n) is 3.34. The summed E-state index contributed by atoms with van der Waals surface area (Å²) in [6, 6.07) is 0.271. The summed E-state index contributed by atoms with van der Waals surface area (Å²) in [6.07, 6.45) is 4.41. The van der Waals surface area contributed by atoms with Crippen molar-refractivity contribution in [3.63, 3.8) is 0 Å². The molecule has 0 amide bonds. The Morgan fingerprint density at radius 3 is 2.47 bits per heavy atom. The number of aromatic nitrogens is 2. The van der Waals surface area contributed by atoms with Crippen molar-refractivity contribution in [2.24, 2.45) is 0 Å². The number of carboxylic acids is 1. The van der Waals surface area contributed by atoms with Gasteiger partial charge in [-0.3, -0.25) is 0 Å². The van der Waals surface area contributed by atoms with Gasteiger partial charge in [0.15, 0.2) is 5.69 Å². The highest BCUT2D eigenvalue weighted by atomic mass is 35.5. The van der Waals surface area contributed by atoms with Gasteiger partial charge >= 0.3 is 5.97 Å². The van der Waals surface area contributed by atoms with Gasteiger partial charge in [-0.2, -0.15) is 5.10 Å². The fourth-order valence-electron chi connectivity index (χ4n) is 2.49. The number of halogens is 1. The first-order valence-electron chi connectivity index (χ1n) is 6.03. The predicted octanol–water partition coefficient (Wildman–Crippen LogP) is 3.47. The van der Waals surface area contributed by atoms with Crippen LogP contribution in [-0.4, -0.2) is 20.9 Å². The second kappa shape index (κ2) is 4.69. The van der Waals surface area contributed by atoms with E-state index >= 15 is 0 Å². The lowest BCUT2D eigenvalue weighted by molar-refractivity contribution is 0.0687. The van der Waals surface area contributed by atoms with Crippen LogP contribution in [0.4, 0.5) is 0 Å². The number of aromatic carboxylic acids is 1. The molecule has 5 heteroatoms. The van der Waals surface area contributed by atoms with Crippen LogP contribution in [0.2, 0.25) is 5.15 Å². The number of rotatable bonds is 3. The number of hydrogen-bond acceptors (Lipinski definition) is 2. The smallest absolute Gasteiger partial charge is 0.356 e. The molecule has 1 aliphatic rings. The van der Waals surface area contributed by atoms with Gasteiger partial charge < -0.3 is 5.11 Å². The minimum atomic E-state index is -0.993. The number of hydrogen-bond donors (Lipinski definition) is 1. The van der Waals surface area contributed by atoms with E-state index in [9.17, 15) is 4.79 Å². The van der Waals surface area contributed by atoms with Crippen LogP contribution in [0.15, 0.2) is 0 Å². The molecule has 0 bridgehead atoms. The minimum Gasteiger partial charge on any atom is -0.476 e. The van der Waals surface area contributed by atoms with Crippen molar-refractivity contribution in [3.8, 4) is 0 Å². The molecule has 0 spiro atoms. The Morgan fingerprint density at radius 2 is 2.06 bits per heavy atom. The van der Waals surface area contributed by atoms with Crippen molar-refractivity contribution < 1.29 is 9.90 Å². The molecule has 94 valence electrons. The van der Waals surface area contributed by atoms with E-state index in [2.05, 4.69) is 5.10 Å². The van der Waals surface area contributed by atoms with E-state index in [1.165, 1.54) is 12.8 Å². The maximum absolute atomic E-state index is 11.2. The second-order valence-electron chi connectivity index (χ2n) is 4.90. The molecule has 0 aliphatic heterocycles. The lowest BCUT2D eigenvalue weighted by atomic mass is 10.0. The number of carbonyl (C=O) groups is 1. The van der Waals surface area contributed by atoms with Crippen molar-refractivity contribution in [1.29, 1.82) is 0 Å². The van der Waals surface area contributed by atoms with Crippen LogP contribution in [0.3, 0.4) is 0 Å². The Balaban J connectivity index is 2.47. The van der Waals surface area contributed by atoms with E-state index in [0.29, 0.717) is 10.7 Å². The van der Waals surface area contributed by atoms with Gasteiger partial charge in [-0.1, -0.05) is 38.3 Å². The van der Waals surface area contributed by atoms with E-state index < -0.39 is 5.97 Å². The average molecular weight is 257 g/mol. The van der Waals surface area contributed by atoms with Crippen molar-refractivity contribution in [2.75, 3.05) is 0 Å². The van der Waals surface area contributed by atoms with Gasteiger partial charge in [0.1, 0.15) is 5.15 Å². The summed E-state index contributed by atoms with van der Waals surface area (Å²) in [5.74, 6) is -0.920. The molecule has 1 heterocycles. The molecule has 1 fully saturated rings. The molecule has 1 N–H and O–H groups in total. The fourth-order valence-corrected chi connectivity index (χ4v) is 2.97. The van der Waals surface area contributed by atoms with E-state index in [1.807, 2.05) is 13.8 Å². The highest BCUT2D eigenvalue weighted by molar-refractivity contribution is 6.31. The molecule has 1 aromatic rings. The van der Waals surface area contributed by atoms with E-state index in [-0.39, 0.29) is 17.7 Å². The van der Waals surface area contributed by atoms with Crippen LogP contribution >= 0.6 is 11.6 Å². The second-order valence-corrected chi connectivity index (χ2v) is 5.25. The van der Waals surface area contributed by atoms with Gasteiger partial charge in [-0.15, -0.1) is 0 Å². The summed E-state index contributed by atoms with van der Waals surface area (Å²) in [5.41, 5.74) is 0.767. The molecule has 17 heavy (non-hydrogen) atoms. The molecular weight excluding hydrogens is 240 g/mol. The molecular formula is C12H17ClN2O2. The van der Waals surface area contributed by atoms with Crippen molar-refractivity contribution in [2.45, 2.75) is 51.5 Å². The third kappa shape index (κ3) is 2.18. The molecule has 2 rings (SSSR count). The normalized spacial score (nSPS) is 16.9. The summed E-state index contributed by atoms with van der Waals surface area (Å²) in [6.45, 7) is 3.88. The van der Waals surface area contributed by atoms with Gasteiger partial charge in [0.05, 0.1) is 6.04 Å². The largest absolute Gasteiger partial charge is 0.476 e. The zero-order valence-corrected chi connectivity index (χ0v) is 10.9. The Kier molecular flexibility index (Phi) is 3.43. The lowest BCUT2D eigenvalue weighted by Gasteiger charge is -2.11. The predicted molar refractivity (Wildman–Crippen MR) is 65.8 cm³/mol. The highest BCUT2D eigenvalue weighted by Gasteiger charge is 2.28. The Morgan fingerprint density at radius 1 is 1.47 bits per heavy atom. The Labute approximate surface area is 106 Å². The monoisotopic (exact) mass is 256 g/mol. The molecule has 0 unspecified atom stereocenters. The SMILES string of the molecule is CC(C)c1c(C(=O)O)nn(C2CCCC2)c1Cl. The first-order chi connectivity index (χ1) is 8.02. The van der Waals surface area contributed by atoms with E-state index in [1.54, 1.807) is 4.68 Å². The van der Waals surface area contributed by atoms with Crippen LogP contribution in [0, 0.1) is 0 Å². The van der Waals surface area contributed by atoms with Crippen LogP contribution in [-0.2, 0) is 0 Å². The van der Waals surface area contributed by atoms with Gasteiger partial charge in [0, 0.05) is 5.56 Å². The zero-order valence-electron chi connectivity index (χ0n) is 10.1. The maximum atomic E-state index is 11.2. The van der Waals surface area contributed by atoms with Gasteiger partial charge in [-0.05, 0) is 18.8 Å². The zero-order chi connectivity index (χ0) is 12.6. The molecule has 4 nitrogen and oxygen atoms in total. The molecule has 0 saturated heterocycles. The molecule has 0 aromatic carbocycles. The van der Waals surface area contributed by atoms with Crippen LogP contribution in [0.5, 0.6) is 0 Å². The Hall–Kier alpha value is -1.03. The van der Waals surface area contributed by atoms with Crippen LogP contribution in [0.1, 0.15) is 67.5 Å². The van der Waals surface area contributed by atoms with Crippen molar-refractivity contribution >= 4 is 17.6 Å². The Bertz CT molecular complexity index is 434. The summed E-state index contributed by atoms with van der Waals surface area (Å²) in [5, 5.41) is 13.9. The summed E-state index contributed by atoms with van der Waals surface area (Å²) in [7, 11) is 0. The topological polar surface area (TPSA) is 55.1 Å².